The Labute approximate surface area is 121 Å². The first-order chi connectivity index (χ1) is 9.52. The average molecular weight is 284 g/mol. The van der Waals surface area contributed by atoms with Crippen LogP contribution in [0.25, 0.3) is 0 Å². The number of carbonyl (C=O) groups excluding carboxylic acids is 2. The van der Waals surface area contributed by atoms with E-state index in [4.69, 9.17) is 5.11 Å². The van der Waals surface area contributed by atoms with Gasteiger partial charge in [-0.05, 0) is 31.1 Å². The van der Waals surface area contributed by atoms with Gasteiger partial charge in [-0.15, -0.1) is 0 Å². The van der Waals surface area contributed by atoms with Crippen molar-refractivity contribution in [3.63, 3.8) is 0 Å². The van der Waals surface area contributed by atoms with Crippen molar-refractivity contribution in [2.45, 2.75) is 58.4 Å². The number of aliphatic hydroxyl groups is 1. The van der Waals surface area contributed by atoms with Gasteiger partial charge in [-0.3, -0.25) is 9.59 Å². The molecule has 5 nitrogen and oxygen atoms in total. The molecule has 1 saturated carbocycles. The monoisotopic (exact) mass is 284 g/mol. The molecule has 2 amide bonds. The quantitative estimate of drug-likeness (QED) is 0.627. The molecule has 0 spiro atoms. The Morgan fingerprint density at radius 2 is 1.85 bits per heavy atom. The SMILES string of the molecule is CC(C)C(CCO)NC(=O)CNC(=O)CC1CCCC1. The topological polar surface area (TPSA) is 78.4 Å². The minimum absolute atomic E-state index is 0.0280. The van der Waals surface area contributed by atoms with Gasteiger partial charge < -0.3 is 15.7 Å². The van der Waals surface area contributed by atoms with Gasteiger partial charge in [-0.2, -0.15) is 0 Å². The van der Waals surface area contributed by atoms with Gasteiger partial charge >= 0.3 is 0 Å². The van der Waals surface area contributed by atoms with E-state index in [9.17, 15) is 9.59 Å². The van der Waals surface area contributed by atoms with Crippen LogP contribution in [0, 0.1) is 11.8 Å². The van der Waals surface area contributed by atoms with E-state index in [2.05, 4.69) is 10.6 Å². The van der Waals surface area contributed by atoms with Crippen LogP contribution in [-0.2, 0) is 9.59 Å². The summed E-state index contributed by atoms with van der Waals surface area (Å²) in [6.45, 7) is 4.08. The third-order valence-corrected chi connectivity index (χ3v) is 3.99. The van der Waals surface area contributed by atoms with E-state index >= 15 is 0 Å². The van der Waals surface area contributed by atoms with Gasteiger partial charge in [0.05, 0.1) is 6.54 Å². The Bertz CT molecular complexity index is 312. The molecule has 0 saturated heterocycles. The van der Waals surface area contributed by atoms with Crippen LogP contribution in [0.3, 0.4) is 0 Å². The maximum atomic E-state index is 11.8. The minimum Gasteiger partial charge on any atom is -0.396 e. The molecule has 0 aromatic heterocycles. The van der Waals surface area contributed by atoms with Gasteiger partial charge in [-0.1, -0.05) is 26.7 Å². The molecule has 116 valence electrons. The molecule has 0 radical (unpaired) electrons. The van der Waals surface area contributed by atoms with Crippen LogP contribution in [0.2, 0.25) is 0 Å². The number of aliphatic hydroxyl groups excluding tert-OH is 1. The third kappa shape index (κ3) is 6.37. The van der Waals surface area contributed by atoms with Crippen LogP contribution >= 0.6 is 0 Å². The molecule has 3 N–H and O–H groups in total. The second-order valence-electron chi connectivity index (χ2n) is 6.06. The number of hydrogen-bond donors (Lipinski definition) is 3. The van der Waals surface area contributed by atoms with E-state index in [0.29, 0.717) is 18.8 Å². The van der Waals surface area contributed by atoms with Crippen LogP contribution < -0.4 is 10.6 Å². The van der Waals surface area contributed by atoms with Crippen molar-refractivity contribution in [3.8, 4) is 0 Å². The van der Waals surface area contributed by atoms with Crippen LogP contribution in [0.4, 0.5) is 0 Å². The molecule has 1 rings (SSSR count). The summed E-state index contributed by atoms with van der Waals surface area (Å²) in [5.74, 6) is 0.545. The molecule has 20 heavy (non-hydrogen) atoms. The van der Waals surface area contributed by atoms with E-state index in [1.807, 2.05) is 13.8 Å². The fourth-order valence-electron chi connectivity index (χ4n) is 2.70. The van der Waals surface area contributed by atoms with Crippen LogP contribution in [0.15, 0.2) is 0 Å². The summed E-state index contributed by atoms with van der Waals surface area (Å²) in [5, 5.41) is 14.5. The standard InChI is InChI=1S/C15H28N2O3/c1-11(2)13(7-8-18)17-15(20)10-16-14(19)9-12-5-3-4-6-12/h11-13,18H,3-10H2,1-2H3,(H,16,19)(H,17,20). The Morgan fingerprint density at radius 1 is 1.20 bits per heavy atom. The molecule has 5 heteroatoms. The van der Waals surface area contributed by atoms with Crippen molar-refractivity contribution in [1.29, 1.82) is 0 Å². The van der Waals surface area contributed by atoms with Crippen molar-refractivity contribution in [2.24, 2.45) is 11.8 Å². The Hall–Kier alpha value is -1.10. The van der Waals surface area contributed by atoms with Crippen LogP contribution in [-0.4, -0.2) is 36.1 Å². The average Bonchev–Trinajstić information content (AvgIpc) is 2.88. The summed E-state index contributed by atoms with van der Waals surface area (Å²) in [4.78, 5) is 23.5. The highest BCUT2D eigenvalue weighted by atomic mass is 16.3. The minimum atomic E-state index is -0.183. The summed E-state index contributed by atoms with van der Waals surface area (Å²) in [5.41, 5.74) is 0. The zero-order valence-corrected chi connectivity index (χ0v) is 12.7. The van der Waals surface area contributed by atoms with Crippen molar-refractivity contribution in [2.75, 3.05) is 13.2 Å². The molecule has 0 aromatic rings. The largest absolute Gasteiger partial charge is 0.396 e. The molecule has 1 aliphatic rings. The molecular weight excluding hydrogens is 256 g/mol. The summed E-state index contributed by atoms with van der Waals surface area (Å²) in [6.07, 6.45) is 5.78. The number of hydrogen-bond acceptors (Lipinski definition) is 3. The lowest BCUT2D eigenvalue weighted by Crippen LogP contribution is -2.44. The zero-order chi connectivity index (χ0) is 15.0. The number of nitrogens with one attached hydrogen (secondary N) is 2. The summed E-state index contributed by atoms with van der Waals surface area (Å²) >= 11 is 0. The predicted octanol–water partition coefficient (Wildman–Crippen LogP) is 1.21. The molecule has 1 atom stereocenters. The van der Waals surface area contributed by atoms with Crippen molar-refractivity contribution in [3.05, 3.63) is 0 Å². The second-order valence-corrected chi connectivity index (χ2v) is 6.06. The molecule has 0 aliphatic heterocycles. The molecular formula is C15H28N2O3. The van der Waals surface area contributed by atoms with Gasteiger partial charge in [0.25, 0.3) is 0 Å². The fraction of sp³-hybridized carbons (Fsp3) is 0.867. The zero-order valence-electron chi connectivity index (χ0n) is 12.7. The van der Waals surface area contributed by atoms with Crippen LogP contribution in [0.5, 0.6) is 0 Å². The normalized spacial score (nSPS) is 17.2. The van der Waals surface area contributed by atoms with Gasteiger partial charge in [0.1, 0.15) is 0 Å². The second kappa shape index (κ2) is 8.95. The molecule has 1 aliphatic carbocycles. The van der Waals surface area contributed by atoms with Gasteiger partial charge in [0, 0.05) is 19.1 Å². The van der Waals surface area contributed by atoms with E-state index in [0.717, 1.165) is 12.8 Å². The fourth-order valence-corrected chi connectivity index (χ4v) is 2.70. The molecule has 1 unspecified atom stereocenters. The van der Waals surface area contributed by atoms with Gasteiger partial charge in [-0.25, -0.2) is 0 Å². The third-order valence-electron chi connectivity index (χ3n) is 3.99. The maximum absolute atomic E-state index is 11.8. The van der Waals surface area contributed by atoms with Crippen molar-refractivity contribution >= 4 is 11.8 Å². The smallest absolute Gasteiger partial charge is 0.239 e. The highest BCUT2D eigenvalue weighted by molar-refractivity contribution is 5.84. The summed E-state index contributed by atoms with van der Waals surface area (Å²) < 4.78 is 0. The molecule has 0 heterocycles. The summed E-state index contributed by atoms with van der Waals surface area (Å²) in [6, 6.07) is -0.0424. The van der Waals surface area contributed by atoms with E-state index in [1.54, 1.807) is 0 Å². The molecule has 1 fully saturated rings. The number of carbonyl (C=O) groups is 2. The van der Waals surface area contributed by atoms with E-state index in [-0.39, 0.29) is 36.9 Å². The molecule has 0 aromatic carbocycles. The molecule has 0 bridgehead atoms. The van der Waals surface area contributed by atoms with Gasteiger partial charge in [0.2, 0.25) is 11.8 Å². The maximum Gasteiger partial charge on any atom is 0.239 e. The van der Waals surface area contributed by atoms with E-state index in [1.165, 1.54) is 12.8 Å². The Kier molecular flexibility index (Phi) is 7.59. The van der Waals surface area contributed by atoms with Crippen LogP contribution in [0.1, 0.15) is 52.4 Å². The van der Waals surface area contributed by atoms with Gasteiger partial charge in [0.15, 0.2) is 0 Å². The lowest BCUT2D eigenvalue weighted by molar-refractivity contribution is -0.127. The Balaban J connectivity index is 2.22. The number of rotatable bonds is 8. The number of amides is 2. The predicted molar refractivity (Wildman–Crippen MR) is 78.1 cm³/mol. The van der Waals surface area contributed by atoms with Crippen molar-refractivity contribution in [1.82, 2.24) is 10.6 Å². The lowest BCUT2D eigenvalue weighted by atomic mass is 10.0. The Morgan fingerprint density at radius 3 is 2.40 bits per heavy atom. The highest BCUT2D eigenvalue weighted by Crippen LogP contribution is 2.27. The highest BCUT2D eigenvalue weighted by Gasteiger charge is 2.19. The van der Waals surface area contributed by atoms with E-state index < -0.39 is 0 Å². The first kappa shape index (κ1) is 17.0. The first-order valence-electron chi connectivity index (χ1n) is 7.69. The first-order valence-corrected chi connectivity index (χ1v) is 7.69. The summed E-state index contributed by atoms with van der Waals surface area (Å²) in [7, 11) is 0. The van der Waals surface area contributed by atoms with Crippen molar-refractivity contribution < 1.29 is 14.7 Å². The lowest BCUT2D eigenvalue weighted by Gasteiger charge is -2.21.